The van der Waals surface area contributed by atoms with Gasteiger partial charge in [-0.1, -0.05) is 91.0 Å². The fourth-order valence-corrected chi connectivity index (χ4v) is 4.70. The zero-order valence-corrected chi connectivity index (χ0v) is 19.3. The third-order valence-corrected chi connectivity index (χ3v) is 5.89. The summed E-state index contributed by atoms with van der Waals surface area (Å²) in [7, 11) is -0.446. The van der Waals surface area contributed by atoms with E-state index in [2.05, 4.69) is 138 Å². The van der Waals surface area contributed by atoms with Crippen LogP contribution in [0.4, 0.5) is 0 Å². The van der Waals surface area contributed by atoms with E-state index in [0.717, 1.165) is 0 Å². The number of nitrogens with zero attached hydrogens (tertiary/aromatic N) is 1. The Morgan fingerprint density at radius 1 is 0.615 bits per heavy atom. The van der Waals surface area contributed by atoms with Crippen molar-refractivity contribution in [3.05, 3.63) is 110 Å². The molecule has 1 heterocycles. The summed E-state index contributed by atoms with van der Waals surface area (Å²) in [6.45, 7) is 0. The highest BCUT2D eigenvalue weighted by atomic mass is 128. The molecule has 0 bridgehead atoms. The van der Waals surface area contributed by atoms with Crippen molar-refractivity contribution >= 4 is 61.1 Å². The van der Waals surface area contributed by atoms with Crippen LogP contribution in [0.25, 0.3) is 0 Å². The number of imidazole rings is 1. The van der Waals surface area contributed by atoms with Crippen molar-refractivity contribution < 1.29 is 0 Å². The zero-order valence-electron chi connectivity index (χ0n) is 14.0. The van der Waals surface area contributed by atoms with E-state index in [1.165, 1.54) is 15.9 Å². The van der Waals surface area contributed by atoms with Crippen molar-refractivity contribution in [1.29, 1.82) is 0 Å². The summed E-state index contributed by atoms with van der Waals surface area (Å²) >= 11 is 4.24. The molecule has 0 saturated heterocycles. The average Bonchev–Trinajstić information content (AvgIpc) is 3.33. The molecule has 0 fully saturated rings. The van der Waals surface area contributed by atoms with Crippen LogP contribution in [-0.2, 0) is 0 Å². The second kappa shape index (κ2) is 13.0. The number of H-pyrrole nitrogens is 1. The summed E-state index contributed by atoms with van der Waals surface area (Å²) in [5.41, 5.74) is 0. The minimum Gasteiger partial charge on any atom is -0.351 e. The lowest BCUT2D eigenvalue weighted by Crippen LogP contribution is -2.20. The number of rotatable bonds is 3. The van der Waals surface area contributed by atoms with Gasteiger partial charge in [0.15, 0.2) is 0 Å². The van der Waals surface area contributed by atoms with E-state index in [9.17, 15) is 0 Å². The summed E-state index contributed by atoms with van der Waals surface area (Å²) in [6.07, 6.45) is 5.08. The Labute approximate surface area is 179 Å². The molecule has 0 unspecified atom stereocenters. The fraction of sp³-hybridized carbons (Fsp3) is 0. The van der Waals surface area contributed by atoms with Gasteiger partial charge < -0.3 is 4.98 Å². The summed E-state index contributed by atoms with van der Waals surface area (Å²) < 4.78 is 0. The summed E-state index contributed by atoms with van der Waals surface area (Å²) in [4.78, 5) is 6.42. The highest BCUT2D eigenvalue weighted by molar-refractivity contribution is 15.0. The minimum atomic E-state index is -0.446. The van der Waals surface area contributed by atoms with Gasteiger partial charge in [0.2, 0.25) is 0 Å². The molecule has 0 aliphatic rings. The molecule has 3 aromatic carbocycles. The van der Waals surface area contributed by atoms with Gasteiger partial charge in [-0.05, 0) is 23.8 Å². The molecule has 0 amide bonds. The van der Waals surface area contributed by atoms with Gasteiger partial charge in [-0.15, -0.1) is 0 Å². The number of benzene rings is 3. The Balaban J connectivity index is 0.000000295. The highest BCUT2D eigenvalue weighted by Gasteiger charge is 2.14. The third-order valence-electron chi connectivity index (χ3n) is 3.45. The van der Waals surface area contributed by atoms with E-state index in [4.69, 9.17) is 0 Å². The largest absolute Gasteiger partial charge is 0.351 e. The lowest BCUT2D eigenvalue weighted by Gasteiger charge is -2.18. The third kappa shape index (κ3) is 6.82. The Bertz CT molecular complexity index is 699. The predicted molar refractivity (Wildman–Crippen MR) is 132 cm³/mol. The van der Waals surface area contributed by atoms with Crippen LogP contribution in [0.3, 0.4) is 0 Å². The maximum absolute atomic E-state index is 3.67. The molecule has 1 N–H and O–H groups in total. The first-order chi connectivity index (χ1) is 12.9. The van der Waals surface area contributed by atoms with E-state index in [-0.39, 0.29) is 0 Å². The molecule has 5 heteroatoms. The van der Waals surface area contributed by atoms with Gasteiger partial charge >= 0.3 is 0 Å². The van der Waals surface area contributed by atoms with Crippen molar-refractivity contribution in [2.45, 2.75) is 0 Å². The maximum Gasteiger partial charge on any atom is 0.0919 e. The molecule has 26 heavy (non-hydrogen) atoms. The van der Waals surface area contributed by atoms with Crippen LogP contribution >= 0.6 is 45.2 Å². The Kier molecular flexibility index (Phi) is 10.5. The molecular weight excluding hydrogens is 565 g/mol. The Morgan fingerprint density at radius 2 is 1.00 bits per heavy atom. The van der Waals surface area contributed by atoms with Gasteiger partial charge in [0.1, 0.15) is 0 Å². The van der Waals surface area contributed by atoms with Crippen LogP contribution in [0.15, 0.2) is 110 Å². The normalized spacial score (nSPS) is 9.50. The number of aromatic nitrogens is 2. The van der Waals surface area contributed by atoms with Crippen LogP contribution in [-0.4, -0.2) is 9.97 Å². The predicted octanol–water partition coefficient (Wildman–Crippen LogP) is 5.63. The van der Waals surface area contributed by atoms with Gasteiger partial charge in [0, 0.05) is 49.6 Å². The summed E-state index contributed by atoms with van der Waals surface area (Å²) in [6, 6.07) is 32.3. The van der Waals surface area contributed by atoms with E-state index in [1.54, 1.807) is 18.7 Å². The number of hydrogen-bond acceptors (Lipinski definition) is 1. The molecule has 1 aromatic heterocycles. The van der Waals surface area contributed by atoms with Crippen LogP contribution in [0.1, 0.15) is 0 Å². The SMILES string of the molecule is II.c1c[nH]cn1.c1ccc(P(c2ccccc2)c2ccccc2)cc1. The maximum atomic E-state index is 3.67. The van der Waals surface area contributed by atoms with Crippen LogP contribution < -0.4 is 15.9 Å². The molecule has 0 saturated carbocycles. The first kappa shape index (κ1) is 21.1. The van der Waals surface area contributed by atoms with Gasteiger partial charge in [-0.2, -0.15) is 0 Å². The van der Waals surface area contributed by atoms with E-state index in [0.29, 0.717) is 0 Å². The zero-order chi connectivity index (χ0) is 18.5. The van der Waals surface area contributed by atoms with Gasteiger partial charge in [-0.3, -0.25) is 0 Å². The van der Waals surface area contributed by atoms with Crippen molar-refractivity contribution in [3.63, 3.8) is 0 Å². The molecule has 0 aliphatic carbocycles. The standard InChI is InChI=1S/C18H15P.C3H4N2.I2/c1-4-10-16(11-5-1)19(17-12-6-2-7-13-17)18-14-8-3-9-15-18;1-2-5-3-4-1;1-2/h1-15H;1-3H,(H,4,5);. The van der Waals surface area contributed by atoms with Gasteiger partial charge in [0.05, 0.1) is 6.33 Å². The van der Waals surface area contributed by atoms with Gasteiger partial charge in [0.25, 0.3) is 0 Å². The van der Waals surface area contributed by atoms with Crippen LogP contribution in [0, 0.1) is 0 Å². The molecule has 132 valence electrons. The van der Waals surface area contributed by atoms with Crippen molar-refractivity contribution in [2.24, 2.45) is 0 Å². The monoisotopic (exact) mass is 584 g/mol. The van der Waals surface area contributed by atoms with E-state index in [1.807, 2.05) is 0 Å². The molecule has 0 aliphatic heterocycles. The van der Waals surface area contributed by atoms with E-state index < -0.39 is 7.92 Å². The number of nitrogens with one attached hydrogen (secondary N) is 1. The second-order valence-corrected chi connectivity index (χ2v) is 7.32. The summed E-state index contributed by atoms with van der Waals surface area (Å²) in [5, 5.41) is 4.19. The first-order valence-corrected chi connectivity index (χ1v) is 15.6. The molecule has 0 radical (unpaired) electrons. The Morgan fingerprint density at radius 3 is 1.23 bits per heavy atom. The summed E-state index contributed by atoms with van der Waals surface area (Å²) in [5.74, 6) is 0. The minimum absolute atomic E-state index is 0.446. The number of hydrogen-bond donors (Lipinski definition) is 1. The molecule has 4 rings (SSSR count). The smallest absolute Gasteiger partial charge is 0.0919 e. The molecular formula is C21H19I2N2P. The topological polar surface area (TPSA) is 28.7 Å². The molecule has 0 atom stereocenters. The lowest BCUT2D eigenvalue weighted by atomic mass is 10.4. The number of halogens is 2. The molecule has 0 spiro atoms. The van der Waals surface area contributed by atoms with Crippen molar-refractivity contribution in [3.8, 4) is 0 Å². The van der Waals surface area contributed by atoms with Crippen molar-refractivity contribution in [1.82, 2.24) is 9.97 Å². The first-order valence-electron chi connectivity index (χ1n) is 7.97. The fourth-order valence-electron chi connectivity index (χ4n) is 2.39. The molecule has 4 aromatic rings. The molecule has 2 nitrogen and oxygen atoms in total. The van der Waals surface area contributed by atoms with Crippen molar-refractivity contribution in [2.75, 3.05) is 0 Å². The number of aromatic amines is 1. The second-order valence-electron chi connectivity index (χ2n) is 5.10. The van der Waals surface area contributed by atoms with Gasteiger partial charge in [-0.25, -0.2) is 4.98 Å². The quantitative estimate of drug-likeness (QED) is 0.246. The van der Waals surface area contributed by atoms with Crippen LogP contribution in [0.5, 0.6) is 0 Å². The van der Waals surface area contributed by atoms with E-state index >= 15 is 0 Å². The van der Waals surface area contributed by atoms with Crippen LogP contribution in [0.2, 0.25) is 0 Å². The average molecular weight is 584 g/mol. The Hall–Kier alpha value is -1.24. The lowest BCUT2D eigenvalue weighted by molar-refractivity contribution is 1.31. The highest BCUT2D eigenvalue weighted by Crippen LogP contribution is 2.32.